The molecule has 3 rings (SSSR count). The predicted octanol–water partition coefficient (Wildman–Crippen LogP) is 2.58. The van der Waals surface area contributed by atoms with E-state index in [4.69, 9.17) is 20.8 Å². The van der Waals surface area contributed by atoms with Crippen molar-refractivity contribution in [2.45, 2.75) is 19.5 Å². The van der Waals surface area contributed by atoms with E-state index in [1.54, 1.807) is 55.5 Å². The van der Waals surface area contributed by atoms with Crippen LogP contribution in [0.1, 0.15) is 18.5 Å². The van der Waals surface area contributed by atoms with E-state index in [1.165, 1.54) is 0 Å². The average Bonchev–Trinajstić information content (AvgIpc) is 3.08. The van der Waals surface area contributed by atoms with Gasteiger partial charge in [0.25, 0.3) is 5.91 Å². The Morgan fingerprint density at radius 3 is 2.55 bits per heavy atom. The SMILES string of the molecule is C[C@@H](NC(=O)COC(=O)Cn1nc(-c2ccccc2)oc1=O)c1ccc(Cl)cc1. The summed E-state index contributed by atoms with van der Waals surface area (Å²) in [5.74, 6) is -1.95. The number of esters is 1. The second kappa shape index (κ2) is 9.20. The number of nitrogens with zero attached hydrogens (tertiary/aromatic N) is 2. The van der Waals surface area contributed by atoms with E-state index in [0.717, 1.165) is 10.2 Å². The van der Waals surface area contributed by atoms with Crippen LogP contribution in [0.25, 0.3) is 11.5 Å². The molecule has 1 amide bonds. The zero-order chi connectivity index (χ0) is 20.8. The Hall–Kier alpha value is -3.39. The van der Waals surface area contributed by atoms with Crippen molar-refractivity contribution in [2.24, 2.45) is 0 Å². The lowest BCUT2D eigenvalue weighted by molar-refractivity contribution is -0.149. The van der Waals surface area contributed by atoms with Gasteiger partial charge >= 0.3 is 11.7 Å². The molecule has 0 saturated carbocycles. The molecule has 9 heteroatoms. The number of carbonyl (C=O) groups excluding carboxylic acids is 2. The highest BCUT2D eigenvalue weighted by Crippen LogP contribution is 2.16. The van der Waals surface area contributed by atoms with Crippen molar-refractivity contribution >= 4 is 23.5 Å². The molecule has 0 radical (unpaired) electrons. The van der Waals surface area contributed by atoms with Crippen LogP contribution >= 0.6 is 11.6 Å². The van der Waals surface area contributed by atoms with E-state index in [2.05, 4.69) is 10.4 Å². The Morgan fingerprint density at radius 2 is 1.86 bits per heavy atom. The Morgan fingerprint density at radius 1 is 1.17 bits per heavy atom. The van der Waals surface area contributed by atoms with E-state index in [1.807, 2.05) is 6.07 Å². The van der Waals surface area contributed by atoms with Gasteiger partial charge in [-0.25, -0.2) is 4.79 Å². The highest BCUT2D eigenvalue weighted by molar-refractivity contribution is 6.30. The number of rotatable bonds is 7. The van der Waals surface area contributed by atoms with Gasteiger partial charge in [0, 0.05) is 10.6 Å². The molecule has 1 atom stereocenters. The number of amides is 1. The fourth-order valence-corrected chi connectivity index (χ4v) is 2.66. The van der Waals surface area contributed by atoms with Gasteiger partial charge in [0.1, 0.15) is 6.54 Å². The predicted molar refractivity (Wildman–Crippen MR) is 105 cm³/mol. The molecule has 0 saturated heterocycles. The average molecular weight is 416 g/mol. The molecule has 0 bridgehead atoms. The molecule has 1 aromatic heterocycles. The highest BCUT2D eigenvalue weighted by atomic mass is 35.5. The molecule has 0 aliphatic carbocycles. The van der Waals surface area contributed by atoms with Gasteiger partial charge in [0.15, 0.2) is 6.61 Å². The summed E-state index contributed by atoms with van der Waals surface area (Å²) >= 11 is 5.84. The summed E-state index contributed by atoms with van der Waals surface area (Å²) in [5, 5.41) is 7.27. The summed E-state index contributed by atoms with van der Waals surface area (Å²) in [6.07, 6.45) is 0. The molecule has 0 aliphatic heterocycles. The summed E-state index contributed by atoms with van der Waals surface area (Å²) < 4.78 is 10.8. The second-order valence-electron chi connectivity index (χ2n) is 6.20. The smallest absolute Gasteiger partial charge is 0.437 e. The first-order valence-electron chi connectivity index (χ1n) is 8.76. The topological polar surface area (TPSA) is 103 Å². The zero-order valence-electron chi connectivity index (χ0n) is 15.5. The third kappa shape index (κ3) is 5.55. The molecular weight excluding hydrogens is 398 g/mol. The van der Waals surface area contributed by atoms with Gasteiger partial charge in [0.2, 0.25) is 5.89 Å². The molecule has 2 aromatic carbocycles. The maximum Gasteiger partial charge on any atom is 0.437 e. The van der Waals surface area contributed by atoms with E-state index in [9.17, 15) is 14.4 Å². The lowest BCUT2D eigenvalue weighted by Crippen LogP contribution is -2.32. The van der Waals surface area contributed by atoms with E-state index >= 15 is 0 Å². The molecule has 0 aliphatic rings. The van der Waals surface area contributed by atoms with E-state index in [-0.39, 0.29) is 11.9 Å². The molecular formula is C20H18ClN3O5. The molecule has 3 aromatic rings. The Balaban J connectivity index is 1.51. The summed E-state index contributed by atoms with van der Waals surface area (Å²) in [5.41, 5.74) is 1.46. The van der Waals surface area contributed by atoms with Gasteiger partial charge in [-0.3, -0.25) is 9.59 Å². The van der Waals surface area contributed by atoms with Crippen molar-refractivity contribution in [3.63, 3.8) is 0 Å². The Kier molecular flexibility index (Phi) is 6.46. The van der Waals surface area contributed by atoms with Gasteiger partial charge in [-0.2, -0.15) is 4.68 Å². The van der Waals surface area contributed by atoms with Crippen LogP contribution in [-0.2, 0) is 20.9 Å². The number of carbonyl (C=O) groups is 2. The van der Waals surface area contributed by atoms with Gasteiger partial charge in [-0.05, 0) is 36.8 Å². The summed E-state index contributed by atoms with van der Waals surface area (Å²) in [6.45, 7) is 0.854. The monoisotopic (exact) mass is 415 g/mol. The highest BCUT2D eigenvalue weighted by Gasteiger charge is 2.16. The molecule has 0 unspecified atom stereocenters. The quantitative estimate of drug-likeness (QED) is 0.595. The van der Waals surface area contributed by atoms with E-state index < -0.39 is 30.8 Å². The Labute approximate surface area is 171 Å². The van der Waals surface area contributed by atoms with Gasteiger partial charge < -0.3 is 14.5 Å². The van der Waals surface area contributed by atoms with Crippen molar-refractivity contribution in [1.82, 2.24) is 15.1 Å². The number of ether oxygens (including phenoxy) is 1. The van der Waals surface area contributed by atoms with Crippen molar-refractivity contribution in [2.75, 3.05) is 6.61 Å². The first kappa shape index (κ1) is 20.3. The molecule has 29 heavy (non-hydrogen) atoms. The van der Waals surface area contributed by atoms with Crippen LogP contribution in [-0.4, -0.2) is 28.3 Å². The van der Waals surface area contributed by atoms with Gasteiger partial charge in [0.05, 0.1) is 6.04 Å². The van der Waals surface area contributed by atoms with Gasteiger partial charge in [-0.15, -0.1) is 5.10 Å². The molecule has 1 N–H and O–H groups in total. The lowest BCUT2D eigenvalue weighted by atomic mass is 10.1. The maximum atomic E-state index is 12.0. The first-order chi connectivity index (χ1) is 13.9. The van der Waals surface area contributed by atoms with Crippen molar-refractivity contribution in [3.05, 3.63) is 75.7 Å². The third-order valence-electron chi connectivity index (χ3n) is 4.02. The third-order valence-corrected chi connectivity index (χ3v) is 4.27. The van der Waals surface area contributed by atoms with Crippen LogP contribution in [0, 0.1) is 0 Å². The molecule has 0 spiro atoms. The first-order valence-corrected chi connectivity index (χ1v) is 9.14. The Bertz CT molecular complexity index is 1040. The number of hydrogen-bond acceptors (Lipinski definition) is 6. The molecule has 8 nitrogen and oxygen atoms in total. The summed E-state index contributed by atoms with van der Waals surface area (Å²) in [6, 6.07) is 15.5. The normalized spacial score (nSPS) is 11.7. The fourth-order valence-electron chi connectivity index (χ4n) is 2.54. The summed E-state index contributed by atoms with van der Waals surface area (Å²) in [7, 11) is 0. The minimum atomic E-state index is -0.790. The van der Waals surface area contributed by atoms with Crippen LogP contribution in [0.3, 0.4) is 0 Å². The number of aromatic nitrogens is 2. The zero-order valence-corrected chi connectivity index (χ0v) is 16.3. The second-order valence-corrected chi connectivity index (χ2v) is 6.63. The van der Waals surface area contributed by atoms with Crippen LogP contribution in [0.2, 0.25) is 5.02 Å². The number of benzene rings is 2. The maximum absolute atomic E-state index is 12.0. The minimum Gasteiger partial charge on any atom is -0.454 e. The van der Waals surface area contributed by atoms with Crippen molar-refractivity contribution < 1.29 is 18.7 Å². The fraction of sp³-hybridized carbons (Fsp3) is 0.200. The number of halogens is 1. The van der Waals surface area contributed by atoms with Crippen molar-refractivity contribution in [3.8, 4) is 11.5 Å². The molecule has 1 heterocycles. The van der Waals surface area contributed by atoms with Crippen molar-refractivity contribution in [1.29, 1.82) is 0 Å². The van der Waals surface area contributed by atoms with Crippen LogP contribution in [0.4, 0.5) is 0 Å². The number of hydrogen-bond donors (Lipinski definition) is 1. The van der Waals surface area contributed by atoms with Crippen LogP contribution in [0.15, 0.2) is 63.8 Å². The van der Waals surface area contributed by atoms with E-state index in [0.29, 0.717) is 10.6 Å². The molecule has 150 valence electrons. The minimum absolute atomic E-state index is 0.0953. The molecule has 0 fully saturated rings. The van der Waals surface area contributed by atoms with Gasteiger partial charge in [-0.1, -0.05) is 41.9 Å². The largest absolute Gasteiger partial charge is 0.454 e. The van der Waals surface area contributed by atoms with Crippen LogP contribution in [0.5, 0.6) is 0 Å². The van der Waals surface area contributed by atoms with Crippen LogP contribution < -0.4 is 11.1 Å². The standard InChI is InChI=1S/C20H18ClN3O5/c1-13(14-7-9-16(21)10-8-14)22-17(25)12-28-18(26)11-24-20(27)29-19(23-24)15-5-3-2-4-6-15/h2-10,13H,11-12H2,1H3,(H,22,25)/t13-/m1/s1. The number of nitrogens with one attached hydrogen (secondary N) is 1. The summed E-state index contributed by atoms with van der Waals surface area (Å²) in [4.78, 5) is 35.8. The lowest BCUT2D eigenvalue weighted by Gasteiger charge is -2.14.